The maximum atomic E-state index is 13.8. The highest BCUT2D eigenvalue weighted by molar-refractivity contribution is 9.10. The van der Waals surface area contributed by atoms with Gasteiger partial charge in [-0.3, -0.25) is 4.68 Å². The summed E-state index contributed by atoms with van der Waals surface area (Å²) < 4.78 is 53.0. The molecule has 102 valence electrons. The van der Waals surface area contributed by atoms with E-state index in [0.717, 1.165) is 4.68 Å². The summed E-state index contributed by atoms with van der Waals surface area (Å²) in [5.41, 5.74) is 0.657. The first-order valence-corrected chi connectivity index (χ1v) is 6.15. The zero-order valence-corrected chi connectivity index (χ0v) is 11.4. The van der Waals surface area contributed by atoms with E-state index in [4.69, 9.17) is 0 Å². The molecule has 0 N–H and O–H groups in total. The van der Waals surface area contributed by atoms with E-state index in [-0.39, 0.29) is 10.0 Å². The van der Waals surface area contributed by atoms with Gasteiger partial charge in [-0.05, 0) is 35.0 Å². The van der Waals surface area contributed by atoms with Crippen LogP contribution in [-0.4, -0.2) is 16.2 Å². The average molecular weight is 337 g/mol. The molecule has 0 aliphatic heterocycles. The van der Waals surface area contributed by atoms with Crippen LogP contribution >= 0.6 is 15.9 Å². The fourth-order valence-electron chi connectivity index (χ4n) is 1.76. The Morgan fingerprint density at radius 1 is 1.21 bits per heavy atom. The Morgan fingerprint density at radius 3 is 2.53 bits per heavy atom. The molecule has 0 saturated carbocycles. The Kier molecular flexibility index (Phi) is 3.93. The molecule has 0 atom stereocenters. The number of benzene rings is 1. The van der Waals surface area contributed by atoms with Gasteiger partial charge in [-0.2, -0.15) is 5.10 Å². The van der Waals surface area contributed by atoms with Crippen molar-refractivity contribution >= 4 is 15.9 Å². The number of halogens is 5. The van der Waals surface area contributed by atoms with Crippen LogP contribution in [0, 0.1) is 18.6 Å². The lowest BCUT2D eigenvalue weighted by atomic mass is 10.1. The number of alkyl halides is 2. The van der Waals surface area contributed by atoms with Crippen LogP contribution in [0.3, 0.4) is 0 Å². The zero-order chi connectivity index (χ0) is 14.2. The van der Waals surface area contributed by atoms with Crippen molar-refractivity contribution in [2.75, 3.05) is 0 Å². The molecule has 2 aromatic rings. The minimum Gasteiger partial charge on any atom is -0.263 e. The monoisotopic (exact) mass is 336 g/mol. The molecule has 2 nitrogen and oxygen atoms in total. The molecular weight excluding hydrogens is 328 g/mol. The minimum absolute atomic E-state index is 0.00119. The van der Waals surface area contributed by atoms with Gasteiger partial charge in [0.05, 0.1) is 10.7 Å². The Bertz CT molecular complexity index is 610. The van der Waals surface area contributed by atoms with Crippen LogP contribution in [0.4, 0.5) is 17.6 Å². The van der Waals surface area contributed by atoms with Gasteiger partial charge >= 0.3 is 0 Å². The van der Waals surface area contributed by atoms with Gasteiger partial charge in [0.25, 0.3) is 6.43 Å². The molecule has 0 aliphatic carbocycles. The maximum absolute atomic E-state index is 13.8. The van der Waals surface area contributed by atoms with Crippen LogP contribution < -0.4 is 0 Å². The molecule has 7 heteroatoms. The number of hydrogen-bond acceptors (Lipinski definition) is 1. The van der Waals surface area contributed by atoms with E-state index >= 15 is 0 Å². The van der Waals surface area contributed by atoms with Crippen LogP contribution in [-0.2, 0) is 6.54 Å². The summed E-state index contributed by atoms with van der Waals surface area (Å²) >= 11 is 2.87. The quantitative estimate of drug-likeness (QED) is 0.607. The highest BCUT2D eigenvalue weighted by Crippen LogP contribution is 2.30. The lowest BCUT2D eigenvalue weighted by Crippen LogP contribution is -2.09. The normalized spacial score (nSPS) is 11.3. The van der Waals surface area contributed by atoms with Crippen LogP contribution in [0.15, 0.2) is 22.8 Å². The zero-order valence-electron chi connectivity index (χ0n) is 9.80. The third-order valence-electron chi connectivity index (χ3n) is 2.74. The Morgan fingerprint density at radius 2 is 1.89 bits per heavy atom. The largest absolute Gasteiger partial charge is 0.263 e. The van der Waals surface area contributed by atoms with Gasteiger partial charge in [0, 0.05) is 16.8 Å². The smallest absolute Gasteiger partial charge is 0.257 e. The summed E-state index contributed by atoms with van der Waals surface area (Å²) in [6.45, 7) is 0.955. The lowest BCUT2D eigenvalue weighted by Gasteiger charge is -2.07. The molecule has 0 spiro atoms. The van der Waals surface area contributed by atoms with Gasteiger partial charge in [-0.1, -0.05) is 0 Å². The van der Waals surface area contributed by atoms with Crippen LogP contribution in [0.2, 0.25) is 0 Å². The molecule has 0 saturated heterocycles. The summed E-state index contributed by atoms with van der Waals surface area (Å²) in [5.74, 6) is -2.05. The topological polar surface area (TPSA) is 17.8 Å². The second kappa shape index (κ2) is 5.32. The molecule has 0 bridgehead atoms. The van der Waals surface area contributed by atoms with Crippen molar-refractivity contribution in [2.24, 2.45) is 0 Å². The summed E-state index contributed by atoms with van der Waals surface area (Å²) in [6, 6.07) is 2.73. The van der Waals surface area contributed by atoms with Crippen LogP contribution in [0.1, 0.15) is 5.69 Å². The van der Waals surface area contributed by atoms with E-state index in [1.54, 1.807) is 0 Å². The Hall–Kier alpha value is -1.37. The average Bonchev–Trinajstić information content (AvgIpc) is 2.68. The van der Waals surface area contributed by atoms with E-state index in [1.165, 1.54) is 25.3 Å². The van der Waals surface area contributed by atoms with E-state index in [9.17, 15) is 17.6 Å². The van der Waals surface area contributed by atoms with E-state index in [2.05, 4.69) is 21.0 Å². The number of nitrogens with zero attached hydrogens (tertiary/aromatic N) is 2. The van der Waals surface area contributed by atoms with Gasteiger partial charge in [0.2, 0.25) is 0 Å². The van der Waals surface area contributed by atoms with Crippen molar-refractivity contribution in [3.63, 3.8) is 0 Å². The molecule has 1 aromatic heterocycles. The van der Waals surface area contributed by atoms with Crippen molar-refractivity contribution in [3.8, 4) is 11.1 Å². The third kappa shape index (κ3) is 2.65. The highest BCUT2D eigenvalue weighted by Gasteiger charge is 2.18. The Labute approximate surface area is 115 Å². The van der Waals surface area contributed by atoms with E-state index < -0.39 is 24.6 Å². The summed E-state index contributed by atoms with van der Waals surface area (Å²) in [4.78, 5) is 0. The van der Waals surface area contributed by atoms with Crippen LogP contribution in [0.5, 0.6) is 0 Å². The molecule has 1 heterocycles. The lowest BCUT2D eigenvalue weighted by molar-refractivity contribution is 0.121. The molecule has 0 amide bonds. The van der Waals surface area contributed by atoms with Crippen molar-refractivity contribution in [1.82, 2.24) is 9.78 Å². The van der Waals surface area contributed by atoms with E-state index in [0.29, 0.717) is 11.3 Å². The summed E-state index contributed by atoms with van der Waals surface area (Å²) in [5, 5.41) is 3.76. The number of aromatic nitrogens is 2. The molecular formula is C12H9BrF4N2. The number of hydrogen-bond donors (Lipinski definition) is 0. The first-order valence-electron chi connectivity index (χ1n) is 5.36. The van der Waals surface area contributed by atoms with Crippen molar-refractivity contribution in [2.45, 2.75) is 19.9 Å². The summed E-state index contributed by atoms with van der Waals surface area (Å²) in [7, 11) is 0. The van der Waals surface area contributed by atoms with Gasteiger partial charge < -0.3 is 0 Å². The second-order valence-corrected chi connectivity index (χ2v) is 4.79. The predicted octanol–water partition coefficient (Wildman–Crippen LogP) is 4.16. The maximum Gasteiger partial charge on any atom is 0.257 e. The van der Waals surface area contributed by atoms with E-state index in [1.807, 2.05) is 0 Å². The molecule has 19 heavy (non-hydrogen) atoms. The van der Waals surface area contributed by atoms with Crippen molar-refractivity contribution < 1.29 is 17.6 Å². The second-order valence-electron chi connectivity index (χ2n) is 3.94. The van der Waals surface area contributed by atoms with Crippen molar-refractivity contribution in [3.05, 3.63) is 40.1 Å². The third-order valence-corrected chi connectivity index (χ3v) is 3.35. The van der Waals surface area contributed by atoms with Gasteiger partial charge in [-0.15, -0.1) is 0 Å². The first kappa shape index (κ1) is 14.0. The summed E-state index contributed by atoms with van der Waals surface area (Å²) in [6.07, 6.45) is -1.30. The Balaban J connectivity index is 2.49. The number of rotatable bonds is 3. The van der Waals surface area contributed by atoms with Gasteiger partial charge in [0.1, 0.15) is 6.54 Å². The molecule has 0 aliphatic rings. The van der Waals surface area contributed by atoms with Crippen molar-refractivity contribution in [1.29, 1.82) is 0 Å². The molecule has 0 fully saturated rings. The van der Waals surface area contributed by atoms with Crippen LogP contribution in [0.25, 0.3) is 11.1 Å². The SMILES string of the molecule is Cc1c(-c2ccc(Br)c(F)c2F)cnn1CC(F)F. The molecule has 1 aromatic carbocycles. The fraction of sp³-hybridized carbons (Fsp3) is 0.250. The minimum atomic E-state index is -2.56. The fourth-order valence-corrected chi connectivity index (χ4v) is 2.07. The predicted molar refractivity (Wildman–Crippen MR) is 66.0 cm³/mol. The first-order chi connectivity index (χ1) is 8.91. The van der Waals surface area contributed by atoms with Gasteiger partial charge in [-0.25, -0.2) is 17.6 Å². The van der Waals surface area contributed by atoms with Gasteiger partial charge in [0.15, 0.2) is 11.6 Å². The molecule has 2 rings (SSSR count). The highest BCUT2D eigenvalue weighted by atomic mass is 79.9. The molecule has 0 unspecified atom stereocenters. The molecule has 0 radical (unpaired) electrons. The standard InChI is InChI=1S/C12H9BrF4N2/c1-6-8(4-18-19(6)5-10(14)15)7-2-3-9(13)12(17)11(7)16/h2-4,10H,5H2,1H3.